The van der Waals surface area contributed by atoms with Crippen LogP contribution in [-0.4, -0.2) is 34.5 Å². The molecule has 1 aromatic carbocycles. The van der Waals surface area contributed by atoms with Crippen LogP contribution in [0.15, 0.2) is 41.2 Å². The van der Waals surface area contributed by atoms with Crippen molar-refractivity contribution in [3.05, 3.63) is 68.7 Å². The third kappa shape index (κ3) is 4.15. The Morgan fingerprint density at radius 1 is 1.22 bits per heavy atom. The number of para-hydroxylation sites is 1. The molecular weight excluding hydrogens is 370 g/mol. The van der Waals surface area contributed by atoms with Gasteiger partial charge in [0.05, 0.1) is 29.4 Å². The van der Waals surface area contributed by atoms with Crippen LogP contribution in [0.25, 0.3) is 10.9 Å². The van der Waals surface area contributed by atoms with E-state index in [0.29, 0.717) is 17.3 Å². The number of pyridine rings is 1. The molecule has 0 aliphatic rings. The topological polar surface area (TPSA) is 83.3 Å². The number of hydrogen-bond donors (Lipinski definition) is 0. The third-order valence-electron chi connectivity index (χ3n) is 4.07. The summed E-state index contributed by atoms with van der Waals surface area (Å²) in [6.07, 6.45) is 0. The molecule has 3 aromatic rings. The summed E-state index contributed by atoms with van der Waals surface area (Å²) >= 11 is 6.38. The molecule has 2 aromatic heterocycles. The molecule has 0 saturated carbocycles. The molecule has 0 saturated heterocycles. The largest absolute Gasteiger partial charge is 0.454 e. The molecule has 0 amide bonds. The van der Waals surface area contributed by atoms with Gasteiger partial charge in [0.15, 0.2) is 5.69 Å². The summed E-state index contributed by atoms with van der Waals surface area (Å²) in [4.78, 5) is 28.5. The Balaban J connectivity index is 1.79. The number of carbonyl (C=O) groups is 1. The Morgan fingerprint density at radius 3 is 2.78 bits per heavy atom. The second kappa shape index (κ2) is 8.28. The lowest BCUT2D eigenvalue weighted by molar-refractivity contribution is 0.0457. The SMILES string of the molecule is COCCn1nc(C(=O)OCc2nc3ccccc3c(C)c2Cl)ccc1=O. The molecule has 7 nitrogen and oxygen atoms in total. The molecule has 0 aliphatic heterocycles. The number of aryl methyl sites for hydroxylation is 1. The molecule has 0 bridgehead atoms. The predicted octanol–water partition coefficient (Wildman–Crippen LogP) is 2.76. The molecule has 0 spiro atoms. The Kier molecular flexibility index (Phi) is 5.83. The maximum absolute atomic E-state index is 12.3. The van der Waals surface area contributed by atoms with Gasteiger partial charge in [-0.15, -0.1) is 0 Å². The van der Waals surface area contributed by atoms with Crippen molar-refractivity contribution in [3.63, 3.8) is 0 Å². The molecule has 8 heteroatoms. The number of halogens is 1. The Morgan fingerprint density at radius 2 is 2.00 bits per heavy atom. The van der Waals surface area contributed by atoms with Crippen LogP contribution in [0.1, 0.15) is 21.7 Å². The summed E-state index contributed by atoms with van der Waals surface area (Å²) in [6.45, 7) is 2.35. The summed E-state index contributed by atoms with van der Waals surface area (Å²) in [5.41, 5.74) is 1.82. The fraction of sp³-hybridized carbons (Fsp3) is 0.263. The number of benzene rings is 1. The fourth-order valence-electron chi connectivity index (χ4n) is 2.62. The number of aromatic nitrogens is 3. The van der Waals surface area contributed by atoms with Crippen LogP contribution >= 0.6 is 11.6 Å². The molecular formula is C19H18ClN3O4. The first-order valence-corrected chi connectivity index (χ1v) is 8.67. The minimum absolute atomic E-state index is 0.0272. The van der Waals surface area contributed by atoms with E-state index in [-0.39, 0.29) is 24.4 Å². The van der Waals surface area contributed by atoms with Gasteiger partial charge in [-0.3, -0.25) is 4.79 Å². The van der Waals surface area contributed by atoms with E-state index in [1.165, 1.54) is 19.2 Å². The number of hydrogen-bond acceptors (Lipinski definition) is 6. The number of carbonyl (C=O) groups excluding carboxylic acids is 1. The summed E-state index contributed by atoms with van der Waals surface area (Å²) in [7, 11) is 1.52. The highest BCUT2D eigenvalue weighted by molar-refractivity contribution is 6.32. The van der Waals surface area contributed by atoms with Crippen molar-refractivity contribution in [1.29, 1.82) is 0 Å². The van der Waals surface area contributed by atoms with E-state index >= 15 is 0 Å². The normalized spacial score (nSPS) is 10.9. The van der Waals surface area contributed by atoms with Crippen molar-refractivity contribution >= 4 is 28.5 Å². The average Bonchev–Trinajstić information content (AvgIpc) is 2.68. The Hall–Kier alpha value is -2.77. The van der Waals surface area contributed by atoms with Crippen molar-refractivity contribution in [2.75, 3.05) is 13.7 Å². The summed E-state index contributed by atoms with van der Waals surface area (Å²) in [6, 6.07) is 10.2. The zero-order valence-corrected chi connectivity index (χ0v) is 15.7. The van der Waals surface area contributed by atoms with Gasteiger partial charge in [0.25, 0.3) is 5.56 Å². The first kappa shape index (κ1) is 19.0. The number of esters is 1. The third-order valence-corrected chi connectivity index (χ3v) is 4.57. The standard InChI is InChI=1S/C19H18ClN3O4/c1-12-13-5-3-4-6-14(13)21-16(18(12)20)11-27-19(25)15-7-8-17(24)23(22-15)9-10-26-2/h3-8H,9-11H2,1-2H3. The van der Waals surface area contributed by atoms with Crippen LogP contribution in [0, 0.1) is 6.92 Å². The monoisotopic (exact) mass is 387 g/mol. The fourth-order valence-corrected chi connectivity index (χ4v) is 2.82. The highest BCUT2D eigenvalue weighted by Crippen LogP contribution is 2.27. The number of rotatable bonds is 6. The molecule has 0 fully saturated rings. The first-order chi connectivity index (χ1) is 13.0. The van der Waals surface area contributed by atoms with Crippen LogP contribution in [-0.2, 0) is 22.6 Å². The van der Waals surface area contributed by atoms with Crippen LogP contribution in [0.5, 0.6) is 0 Å². The van der Waals surface area contributed by atoms with Gasteiger partial charge in [0, 0.05) is 18.6 Å². The smallest absolute Gasteiger partial charge is 0.359 e. The summed E-state index contributed by atoms with van der Waals surface area (Å²) in [5, 5.41) is 5.41. The van der Waals surface area contributed by atoms with Gasteiger partial charge in [-0.2, -0.15) is 5.10 Å². The second-order valence-corrected chi connectivity index (χ2v) is 6.24. The van der Waals surface area contributed by atoms with Gasteiger partial charge < -0.3 is 9.47 Å². The Labute approximate surface area is 160 Å². The minimum atomic E-state index is -0.662. The quantitative estimate of drug-likeness (QED) is 0.605. The molecule has 3 rings (SSSR count). The molecule has 2 heterocycles. The molecule has 0 radical (unpaired) electrons. The lowest BCUT2D eigenvalue weighted by Gasteiger charge is -2.11. The van der Waals surface area contributed by atoms with Gasteiger partial charge in [0.1, 0.15) is 6.61 Å². The van der Waals surface area contributed by atoms with Crippen molar-refractivity contribution in [2.24, 2.45) is 0 Å². The predicted molar refractivity (Wildman–Crippen MR) is 101 cm³/mol. The zero-order valence-electron chi connectivity index (χ0n) is 14.9. The van der Waals surface area contributed by atoms with Crippen molar-refractivity contribution < 1.29 is 14.3 Å². The molecule has 27 heavy (non-hydrogen) atoms. The van der Waals surface area contributed by atoms with Gasteiger partial charge in [-0.05, 0) is 24.6 Å². The summed E-state index contributed by atoms with van der Waals surface area (Å²) < 4.78 is 11.4. The number of fused-ring (bicyclic) bond motifs is 1. The lowest BCUT2D eigenvalue weighted by atomic mass is 10.1. The number of methoxy groups -OCH3 is 1. The zero-order chi connectivity index (χ0) is 19.4. The van der Waals surface area contributed by atoms with Gasteiger partial charge >= 0.3 is 5.97 Å². The second-order valence-electron chi connectivity index (χ2n) is 5.86. The van der Waals surface area contributed by atoms with Gasteiger partial charge in [-0.1, -0.05) is 29.8 Å². The van der Waals surface area contributed by atoms with Crippen molar-refractivity contribution in [3.8, 4) is 0 Å². The van der Waals surface area contributed by atoms with Gasteiger partial charge in [-0.25, -0.2) is 14.5 Å². The van der Waals surface area contributed by atoms with Crippen molar-refractivity contribution in [1.82, 2.24) is 14.8 Å². The molecule has 0 unspecified atom stereocenters. The Bertz CT molecular complexity index is 1050. The number of nitrogens with zero attached hydrogens (tertiary/aromatic N) is 3. The van der Waals surface area contributed by atoms with Gasteiger partial charge in [0.2, 0.25) is 0 Å². The highest BCUT2D eigenvalue weighted by Gasteiger charge is 2.15. The molecule has 0 aliphatic carbocycles. The van der Waals surface area contributed by atoms with E-state index in [1.54, 1.807) is 0 Å². The van der Waals surface area contributed by atoms with E-state index < -0.39 is 5.97 Å². The summed E-state index contributed by atoms with van der Waals surface area (Å²) in [5.74, 6) is -0.662. The average molecular weight is 388 g/mol. The minimum Gasteiger partial charge on any atom is -0.454 e. The lowest BCUT2D eigenvalue weighted by Crippen LogP contribution is -2.26. The van der Waals surface area contributed by atoms with E-state index in [2.05, 4.69) is 10.1 Å². The van der Waals surface area contributed by atoms with Crippen LogP contribution in [0.4, 0.5) is 0 Å². The number of ether oxygens (including phenoxy) is 2. The van der Waals surface area contributed by atoms with E-state index in [9.17, 15) is 9.59 Å². The highest BCUT2D eigenvalue weighted by atomic mass is 35.5. The molecule has 0 N–H and O–H groups in total. The molecule has 0 atom stereocenters. The maximum atomic E-state index is 12.3. The van der Waals surface area contributed by atoms with Crippen LogP contribution < -0.4 is 5.56 Å². The van der Waals surface area contributed by atoms with Crippen molar-refractivity contribution in [2.45, 2.75) is 20.1 Å². The van der Waals surface area contributed by atoms with Crippen LogP contribution in [0.3, 0.4) is 0 Å². The van der Waals surface area contributed by atoms with Crippen LogP contribution in [0.2, 0.25) is 5.02 Å². The van der Waals surface area contributed by atoms with E-state index in [1.807, 2.05) is 31.2 Å². The maximum Gasteiger partial charge on any atom is 0.359 e. The van der Waals surface area contributed by atoms with E-state index in [0.717, 1.165) is 21.1 Å². The van der Waals surface area contributed by atoms with E-state index in [4.69, 9.17) is 21.1 Å². The first-order valence-electron chi connectivity index (χ1n) is 8.29. The molecule has 140 valence electrons.